The van der Waals surface area contributed by atoms with Gasteiger partial charge >= 0.3 is 0 Å². The second-order valence-electron chi connectivity index (χ2n) is 8.51. The Hall–Kier alpha value is -1.43. The third-order valence-corrected chi connectivity index (χ3v) is 6.43. The van der Waals surface area contributed by atoms with Gasteiger partial charge in [0.1, 0.15) is 0 Å². The Labute approximate surface area is 143 Å². The van der Waals surface area contributed by atoms with Crippen LogP contribution in [-0.4, -0.2) is 39.6 Å². The Morgan fingerprint density at radius 2 is 1.88 bits per heavy atom. The van der Waals surface area contributed by atoms with Crippen molar-refractivity contribution in [1.82, 2.24) is 20.4 Å². The summed E-state index contributed by atoms with van der Waals surface area (Å²) in [6.07, 6.45) is 7.73. The summed E-state index contributed by atoms with van der Waals surface area (Å²) in [6.45, 7) is 4.26. The molecule has 4 aliphatic carbocycles. The molecule has 6 nitrogen and oxygen atoms in total. The highest BCUT2D eigenvalue weighted by Crippen LogP contribution is 2.55. The number of amides is 1. The van der Waals surface area contributed by atoms with Crippen molar-refractivity contribution in [2.24, 2.45) is 17.8 Å². The number of nitrogens with zero attached hydrogens (tertiary/aromatic N) is 3. The molecule has 1 amide bonds. The number of aromatic nitrogens is 2. The lowest BCUT2D eigenvalue weighted by atomic mass is 9.53. The highest BCUT2D eigenvalue weighted by atomic mass is 16.5. The SMILES string of the molecule is Cc1nc(CN(C)C(C)C(=O)NC23CC4CC(CC(C4)C2)C3)no1. The first-order valence-corrected chi connectivity index (χ1v) is 9.24. The molecule has 4 saturated carbocycles. The molecule has 4 aliphatic rings. The van der Waals surface area contributed by atoms with Crippen LogP contribution in [0.1, 0.15) is 57.2 Å². The molecule has 6 heteroatoms. The largest absolute Gasteiger partial charge is 0.349 e. The summed E-state index contributed by atoms with van der Waals surface area (Å²) < 4.78 is 5.01. The van der Waals surface area contributed by atoms with Crippen molar-refractivity contribution in [3.63, 3.8) is 0 Å². The quantitative estimate of drug-likeness (QED) is 0.896. The van der Waals surface area contributed by atoms with E-state index in [-0.39, 0.29) is 17.5 Å². The minimum Gasteiger partial charge on any atom is -0.349 e. The first kappa shape index (κ1) is 16.1. The minimum absolute atomic E-state index is 0.0731. The number of hydrogen-bond acceptors (Lipinski definition) is 5. The molecule has 132 valence electrons. The molecule has 0 aromatic carbocycles. The molecule has 1 unspecified atom stereocenters. The molecule has 5 rings (SSSR count). The maximum atomic E-state index is 12.8. The van der Waals surface area contributed by atoms with E-state index in [1.807, 2.05) is 18.9 Å². The highest BCUT2D eigenvalue weighted by molar-refractivity contribution is 5.82. The van der Waals surface area contributed by atoms with E-state index in [0.717, 1.165) is 17.8 Å². The smallest absolute Gasteiger partial charge is 0.237 e. The molecular weight excluding hydrogens is 304 g/mol. The number of carbonyl (C=O) groups excluding carboxylic acids is 1. The van der Waals surface area contributed by atoms with E-state index < -0.39 is 0 Å². The molecule has 1 N–H and O–H groups in total. The van der Waals surface area contributed by atoms with Gasteiger partial charge in [-0.15, -0.1) is 0 Å². The van der Waals surface area contributed by atoms with E-state index in [9.17, 15) is 4.79 Å². The Balaban J connectivity index is 1.38. The Kier molecular flexibility index (Phi) is 3.90. The van der Waals surface area contributed by atoms with Crippen molar-refractivity contribution in [1.29, 1.82) is 0 Å². The van der Waals surface area contributed by atoms with Crippen molar-refractivity contribution in [2.75, 3.05) is 7.05 Å². The van der Waals surface area contributed by atoms with Gasteiger partial charge in [0.2, 0.25) is 11.8 Å². The molecule has 0 spiro atoms. The summed E-state index contributed by atoms with van der Waals surface area (Å²) in [5, 5.41) is 7.37. The minimum atomic E-state index is -0.197. The third kappa shape index (κ3) is 2.96. The van der Waals surface area contributed by atoms with Crippen molar-refractivity contribution < 1.29 is 9.32 Å². The van der Waals surface area contributed by atoms with Crippen molar-refractivity contribution in [2.45, 2.75) is 70.5 Å². The van der Waals surface area contributed by atoms with Gasteiger partial charge in [-0.3, -0.25) is 9.69 Å². The van der Waals surface area contributed by atoms with E-state index in [0.29, 0.717) is 18.3 Å². The fourth-order valence-electron chi connectivity index (χ4n) is 5.60. The predicted octanol–water partition coefficient (Wildman–Crippen LogP) is 2.28. The zero-order chi connectivity index (χ0) is 16.9. The summed E-state index contributed by atoms with van der Waals surface area (Å²) in [5.41, 5.74) is 0.0731. The number of nitrogens with one attached hydrogen (secondary N) is 1. The second-order valence-corrected chi connectivity index (χ2v) is 8.51. The van der Waals surface area contributed by atoms with Gasteiger partial charge in [0.25, 0.3) is 0 Å². The summed E-state index contributed by atoms with van der Waals surface area (Å²) in [4.78, 5) is 19.1. The molecule has 1 atom stereocenters. The maximum Gasteiger partial charge on any atom is 0.237 e. The van der Waals surface area contributed by atoms with Crippen LogP contribution in [0.15, 0.2) is 4.52 Å². The van der Waals surface area contributed by atoms with Crippen molar-refractivity contribution in [3.8, 4) is 0 Å². The van der Waals surface area contributed by atoms with Gasteiger partial charge < -0.3 is 9.84 Å². The van der Waals surface area contributed by atoms with Crippen molar-refractivity contribution >= 4 is 5.91 Å². The highest BCUT2D eigenvalue weighted by Gasteiger charge is 2.51. The molecular formula is C18H28N4O2. The normalized spacial score (nSPS) is 35.4. The molecule has 4 bridgehead atoms. The van der Waals surface area contributed by atoms with Gasteiger partial charge in [0.05, 0.1) is 12.6 Å². The van der Waals surface area contributed by atoms with Crippen LogP contribution in [0.4, 0.5) is 0 Å². The fraction of sp³-hybridized carbons (Fsp3) is 0.833. The lowest BCUT2D eigenvalue weighted by Crippen LogP contribution is -2.62. The zero-order valence-corrected chi connectivity index (χ0v) is 14.9. The van der Waals surface area contributed by atoms with Crippen LogP contribution in [0.5, 0.6) is 0 Å². The van der Waals surface area contributed by atoms with E-state index in [2.05, 4.69) is 15.5 Å². The first-order chi connectivity index (χ1) is 11.4. The van der Waals surface area contributed by atoms with Crippen LogP contribution in [0.2, 0.25) is 0 Å². The van der Waals surface area contributed by atoms with Crippen LogP contribution in [0, 0.1) is 24.7 Å². The number of likely N-dealkylation sites (N-methyl/N-ethyl adjacent to an activating group) is 1. The lowest BCUT2D eigenvalue weighted by molar-refractivity contribution is -0.131. The molecule has 1 heterocycles. The van der Waals surface area contributed by atoms with Crippen LogP contribution >= 0.6 is 0 Å². The van der Waals surface area contributed by atoms with Gasteiger partial charge in [-0.25, -0.2) is 0 Å². The van der Waals surface area contributed by atoms with Gasteiger partial charge in [-0.2, -0.15) is 4.98 Å². The predicted molar refractivity (Wildman–Crippen MR) is 89.0 cm³/mol. The molecule has 4 fully saturated rings. The first-order valence-electron chi connectivity index (χ1n) is 9.24. The second kappa shape index (κ2) is 5.83. The van der Waals surface area contributed by atoms with Crippen LogP contribution in [-0.2, 0) is 11.3 Å². The van der Waals surface area contributed by atoms with Gasteiger partial charge in [0.15, 0.2) is 5.82 Å². The van der Waals surface area contributed by atoms with E-state index in [4.69, 9.17) is 4.52 Å². The Morgan fingerprint density at radius 3 is 2.38 bits per heavy atom. The average molecular weight is 332 g/mol. The lowest BCUT2D eigenvalue weighted by Gasteiger charge is -2.57. The molecule has 0 radical (unpaired) electrons. The van der Waals surface area contributed by atoms with Crippen LogP contribution < -0.4 is 5.32 Å². The molecule has 0 saturated heterocycles. The van der Waals surface area contributed by atoms with Crippen LogP contribution in [0.25, 0.3) is 0 Å². The average Bonchev–Trinajstić information content (AvgIpc) is 2.89. The topological polar surface area (TPSA) is 71.3 Å². The number of hydrogen-bond donors (Lipinski definition) is 1. The Bertz CT molecular complexity index is 591. The van der Waals surface area contributed by atoms with E-state index in [1.54, 1.807) is 6.92 Å². The number of aryl methyl sites for hydroxylation is 1. The molecule has 24 heavy (non-hydrogen) atoms. The van der Waals surface area contributed by atoms with E-state index in [1.165, 1.54) is 38.5 Å². The summed E-state index contributed by atoms with van der Waals surface area (Å²) >= 11 is 0. The molecule has 0 aliphatic heterocycles. The summed E-state index contributed by atoms with van der Waals surface area (Å²) in [5.74, 6) is 3.85. The maximum absolute atomic E-state index is 12.8. The van der Waals surface area contributed by atoms with Gasteiger partial charge in [-0.1, -0.05) is 5.16 Å². The molecule has 1 aromatic heterocycles. The van der Waals surface area contributed by atoms with Crippen molar-refractivity contribution in [3.05, 3.63) is 11.7 Å². The summed E-state index contributed by atoms with van der Waals surface area (Å²) in [7, 11) is 1.94. The zero-order valence-electron chi connectivity index (χ0n) is 14.9. The number of carbonyl (C=O) groups is 1. The third-order valence-electron chi connectivity index (χ3n) is 6.43. The summed E-state index contributed by atoms with van der Waals surface area (Å²) in [6, 6.07) is -0.197. The number of rotatable bonds is 5. The standard InChI is InChI=1S/C18H28N4O2/c1-11(22(3)10-16-19-12(2)24-21-16)17(23)20-18-7-13-4-14(8-18)6-15(5-13)9-18/h11,13-15H,4-10H2,1-3H3,(H,20,23). The van der Waals surface area contributed by atoms with Crippen LogP contribution in [0.3, 0.4) is 0 Å². The molecule has 1 aromatic rings. The van der Waals surface area contributed by atoms with E-state index >= 15 is 0 Å². The Morgan fingerprint density at radius 1 is 1.29 bits per heavy atom. The van der Waals surface area contributed by atoms with Gasteiger partial charge in [-0.05, 0) is 70.3 Å². The fourth-order valence-corrected chi connectivity index (χ4v) is 5.60. The monoisotopic (exact) mass is 332 g/mol. The van der Waals surface area contributed by atoms with Gasteiger partial charge in [0, 0.05) is 12.5 Å².